The number of hydrogen-bond acceptors (Lipinski definition) is 5. The number of thiophene rings is 1. The van der Waals surface area contributed by atoms with E-state index in [1.54, 1.807) is 12.1 Å². The monoisotopic (exact) mass is 407 g/mol. The zero-order chi connectivity index (χ0) is 19.4. The van der Waals surface area contributed by atoms with Crippen molar-refractivity contribution in [3.63, 3.8) is 0 Å². The van der Waals surface area contributed by atoms with Crippen molar-refractivity contribution >= 4 is 45.3 Å². The first-order valence-corrected chi connectivity index (χ1v) is 10.0. The first-order valence-electron chi connectivity index (χ1n) is 8.79. The highest BCUT2D eigenvalue weighted by Gasteiger charge is 2.22. The first-order chi connectivity index (χ1) is 13.0. The number of halogens is 1. The second-order valence-electron chi connectivity index (χ2n) is 6.18. The zero-order valence-corrected chi connectivity index (χ0v) is 17.0. The summed E-state index contributed by atoms with van der Waals surface area (Å²) in [6.07, 6.45) is 0.847. The van der Waals surface area contributed by atoms with Crippen LogP contribution in [0.5, 0.6) is 0 Å². The van der Waals surface area contributed by atoms with Gasteiger partial charge < -0.3 is 19.9 Å². The molecule has 1 aromatic heterocycles. The number of anilines is 2. The highest BCUT2D eigenvalue weighted by molar-refractivity contribution is 7.80. The highest BCUT2D eigenvalue weighted by Crippen LogP contribution is 2.29. The molecule has 3 rings (SSSR count). The minimum Gasteiger partial charge on any atom is -0.465 e. The molecule has 1 N–H and O–H groups in total. The van der Waals surface area contributed by atoms with Crippen LogP contribution in [0.1, 0.15) is 22.2 Å². The second-order valence-corrected chi connectivity index (χ2v) is 7.70. The van der Waals surface area contributed by atoms with E-state index in [0.717, 1.165) is 48.2 Å². The Morgan fingerprint density at radius 1 is 1.26 bits per heavy atom. The number of ether oxygens (including phenoxy) is 1. The fourth-order valence-electron chi connectivity index (χ4n) is 2.97. The Labute approximate surface area is 167 Å². The molecule has 0 unspecified atom stereocenters. The number of methoxy groups -OCH3 is 1. The molecule has 27 heavy (non-hydrogen) atoms. The Bertz CT molecular complexity index is 815. The van der Waals surface area contributed by atoms with Crippen molar-refractivity contribution in [3.05, 3.63) is 46.6 Å². The normalized spacial score (nSPS) is 14.2. The van der Waals surface area contributed by atoms with Crippen molar-refractivity contribution in [1.82, 2.24) is 4.90 Å². The summed E-state index contributed by atoms with van der Waals surface area (Å²) < 4.78 is 18.0. The Morgan fingerprint density at radius 3 is 2.52 bits per heavy atom. The molecule has 1 saturated heterocycles. The van der Waals surface area contributed by atoms with Crippen molar-refractivity contribution in [1.29, 1.82) is 0 Å². The van der Waals surface area contributed by atoms with Gasteiger partial charge in [0.2, 0.25) is 0 Å². The maximum absolute atomic E-state index is 13.1. The van der Waals surface area contributed by atoms with Crippen LogP contribution in [0.2, 0.25) is 0 Å². The number of nitrogens with one attached hydrogen (secondary N) is 1. The van der Waals surface area contributed by atoms with E-state index in [-0.39, 0.29) is 11.8 Å². The molecule has 0 bridgehead atoms. The third-order valence-corrected chi connectivity index (χ3v) is 6.07. The molecule has 1 fully saturated rings. The van der Waals surface area contributed by atoms with E-state index in [0.29, 0.717) is 10.7 Å². The van der Waals surface area contributed by atoms with Gasteiger partial charge in [0.25, 0.3) is 0 Å². The number of carbonyl (C=O) groups is 1. The second kappa shape index (κ2) is 8.67. The first kappa shape index (κ1) is 19.6. The van der Waals surface area contributed by atoms with Gasteiger partial charge in [-0.05, 0) is 49.0 Å². The largest absolute Gasteiger partial charge is 0.465 e. The summed E-state index contributed by atoms with van der Waals surface area (Å²) in [5.41, 5.74) is 1.53. The molecule has 1 aliphatic heterocycles. The van der Waals surface area contributed by atoms with E-state index in [1.165, 1.54) is 30.6 Å². The molecule has 2 heterocycles. The van der Waals surface area contributed by atoms with Gasteiger partial charge in [0.15, 0.2) is 5.11 Å². The molecule has 0 atom stereocenters. The SMILES string of the molecule is CCc1cc(C(=O)OC)c(NC(=S)N2CCN(c3ccc(F)cc3)CC2)s1. The van der Waals surface area contributed by atoms with Crippen LogP contribution >= 0.6 is 23.6 Å². The molecule has 1 aliphatic rings. The predicted octanol–water partition coefficient (Wildman–Crippen LogP) is 3.76. The molecule has 5 nitrogen and oxygen atoms in total. The standard InChI is InChI=1S/C19H22FN3O2S2/c1-3-15-12-16(18(24)25-2)17(27-15)21-19(26)23-10-8-22(9-11-23)14-6-4-13(20)5-7-14/h4-7,12H,3,8-11H2,1-2H3,(H,21,26). The average molecular weight is 408 g/mol. The van der Waals surface area contributed by atoms with Gasteiger partial charge in [-0.3, -0.25) is 0 Å². The maximum atomic E-state index is 13.1. The number of aryl methyl sites for hydroxylation is 1. The van der Waals surface area contributed by atoms with Crippen molar-refractivity contribution in [2.24, 2.45) is 0 Å². The molecular formula is C19H22FN3O2S2. The fourth-order valence-corrected chi connectivity index (χ4v) is 4.30. The Kier molecular flexibility index (Phi) is 6.28. The maximum Gasteiger partial charge on any atom is 0.340 e. The number of carbonyl (C=O) groups excluding carboxylic acids is 1. The lowest BCUT2D eigenvalue weighted by molar-refractivity contribution is 0.0602. The Morgan fingerprint density at radius 2 is 1.93 bits per heavy atom. The summed E-state index contributed by atoms with van der Waals surface area (Å²) >= 11 is 7.08. The molecule has 0 amide bonds. The minimum absolute atomic E-state index is 0.230. The van der Waals surface area contributed by atoms with Crippen LogP contribution in [0.15, 0.2) is 30.3 Å². The van der Waals surface area contributed by atoms with Gasteiger partial charge in [-0.2, -0.15) is 0 Å². The van der Waals surface area contributed by atoms with Crippen LogP contribution in [-0.4, -0.2) is 49.3 Å². The third kappa shape index (κ3) is 4.56. The fraction of sp³-hybridized carbons (Fsp3) is 0.368. The minimum atomic E-state index is -0.364. The van der Waals surface area contributed by atoms with E-state index >= 15 is 0 Å². The van der Waals surface area contributed by atoms with E-state index in [9.17, 15) is 9.18 Å². The number of hydrogen-bond donors (Lipinski definition) is 1. The number of benzene rings is 1. The zero-order valence-electron chi connectivity index (χ0n) is 15.3. The summed E-state index contributed by atoms with van der Waals surface area (Å²) in [4.78, 5) is 17.4. The number of nitrogens with zero attached hydrogens (tertiary/aromatic N) is 2. The molecule has 1 aromatic carbocycles. The van der Waals surface area contributed by atoms with Crippen molar-refractivity contribution in [2.75, 3.05) is 43.5 Å². The van der Waals surface area contributed by atoms with Crippen molar-refractivity contribution in [2.45, 2.75) is 13.3 Å². The molecule has 0 aliphatic carbocycles. The number of thiocarbonyl (C=S) groups is 1. The lowest BCUT2D eigenvalue weighted by Gasteiger charge is -2.37. The van der Waals surface area contributed by atoms with Crippen LogP contribution in [0.25, 0.3) is 0 Å². The van der Waals surface area contributed by atoms with Crippen molar-refractivity contribution < 1.29 is 13.9 Å². The highest BCUT2D eigenvalue weighted by atomic mass is 32.1. The van der Waals surface area contributed by atoms with E-state index < -0.39 is 0 Å². The van der Waals surface area contributed by atoms with Crippen LogP contribution < -0.4 is 10.2 Å². The summed E-state index contributed by atoms with van der Waals surface area (Å²) in [7, 11) is 1.38. The van der Waals surface area contributed by atoms with Crippen LogP contribution in [0.4, 0.5) is 15.1 Å². The number of rotatable bonds is 4. The average Bonchev–Trinajstić information content (AvgIpc) is 3.11. The third-order valence-electron chi connectivity index (χ3n) is 4.52. The Hall–Kier alpha value is -2.19. The molecule has 144 valence electrons. The summed E-state index contributed by atoms with van der Waals surface area (Å²) in [6.45, 7) is 5.14. The Balaban J connectivity index is 1.62. The summed E-state index contributed by atoms with van der Waals surface area (Å²) in [6, 6.07) is 8.40. The van der Waals surface area contributed by atoms with Gasteiger partial charge in [0.05, 0.1) is 12.7 Å². The molecule has 8 heteroatoms. The van der Waals surface area contributed by atoms with Gasteiger partial charge in [-0.15, -0.1) is 11.3 Å². The summed E-state index contributed by atoms with van der Waals surface area (Å²) in [5.74, 6) is -0.594. The lowest BCUT2D eigenvalue weighted by Crippen LogP contribution is -2.50. The van der Waals surface area contributed by atoms with Crippen LogP contribution in [-0.2, 0) is 11.2 Å². The predicted molar refractivity (Wildman–Crippen MR) is 111 cm³/mol. The molecular weight excluding hydrogens is 385 g/mol. The van der Waals surface area contributed by atoms with Crippen molar-refractivity contribution in [3.8, 4) is 0 Å². The lowest BCUT2D eigenvalue weighted by atomic mass is 10.2. The van der Waals surface area contributed by atoms with Gasteiger partial charge in [0, 0.05) is 36.7 Å². The molecule has 0 saturated carbocycles. The van der Waals surface area contributed by atoms with Crippen LogP contribution in [0.3, 0.4) is 0 Å². The molecule has 0 radical (unpaired) electrons. The quantitative estimate of drug-likeness (QED) is 0.615. The summed E-state index contributed by atoms with van der Waals surface area (Å²) in [5, 5.41) is 4.55. The van der Waals surface area contributed by atoms with E-state index in [4.69, 9.17) is 17.0 Å². The number of piperazine rings is 1. The number of esters is 1. The van der Waals surface area contributed by atoms with E-state index in [1.807, 2.05) is 13.0 Å². The van der Waals surface area contributed by atoms with Gasteiger partial charge in [0.1, 0.15) is 10.8 Å². The van der Waals surface area contributed by atoms with Gasteiger partial charge >= 0.3 is 5.97 Å². The van der Waals surface area contributed by atoms with Gasteiger partial charge in [-0.25, -0.2) is 9.18 Å². The van der Waals surface area contributed by atoms with Gasteiger partial charge in [-0.1, -0.05) is 6.92 Å². The van der Waals surface area contributed by atoms with E-state index in [2.05, 4.69) is 15.1 Å². The topological polar surface area (TPSA) is 44.8 Å². The molecule has 0 spiro atoms. The van der Waals surface area contributed by atoms with Crippen LogP contribution in [0, 0.1) is 5.82 Å². The molecule has 2 aromatic rings. The smallest absolute Gasteiger partial charge is 0.340 e.